The molecule has 0 atom stereocenters. The van der Waals surface area contributed by atoms with Gasteiger partial charge >= 0.3 is 5.97 Å². The highest BCUT2D eigenvalue weighted by Gasteiger charge is 2.20. The van der Waals surface area contributed by atoms with E-state index in [0.717, 1.165) is 0 Å². The zero-order valence-electron chi connectivity index (χ0n) is 9.35. The van der Waals surface area contributed by atoms with Gasteiger partial charge in [-0.2, -0.15) is 0 Å². The van der Waals surface area contributed by atoms with Gasteiger partial charge in [-0.3, -0.25) is 0 Å². The molecule has 0 spiro atoms. The SMILES string of the molecule is COC(=O)c1nnn(C)c1-c1ccc(F)cc1. The normalized spacial score (nSPS) is 10.3. The van der Waals surface area contributed by atoms with Crippen molar-refractivity contribution in [3.63, 3.8) is 0 Å². The van der Waals surface area contributed by atoms with Crippen molar-refractivity contribution in [3.05, 3.63) is 35.8 Å². The molecule has 0 bridgehead atoms. The topological polar surface area (TPSA) is 57.0 Å². The molecule has 1 aromatic heterocycles. The summed E-state index contributed by atoms with van der Waals surface area (Å²) in [6, 6.07) is 5.73. The molecule has 0 aliphatic heterocycles. The molecule has 88 valence electrons. The van der Waals surface area contributed by atoms with E-state index in [-0.39, 0.29) is 11.5 Å². The minimum Gasteiger partial charge on any atom is -0.464 e. The van der Waals surface area contributed by atoms with E-state index in [9.17, 15) is 9.18 Å². The Morgan fingerprint density at radius 2 is 2.00 bits per heavy atom. The Labute approximate surface area is 96.8 Å². The quantitative estimate of drug-likeness (QED) is 0.738. The van der Waals surface area contributed by atoms with Crippen LogP contribution >= 0.6 is 0 Å². The van der Waals surface area contributed by atoms with E-state index in [1.54, 1.807) is 19.2 Å². The van der Waals surface area contributed by atoms with Gasteiger partial charge in [0.15, 0.2) is 5.69 Å². The maximum absolute atomic E-state index is 12.8. The predicted molar refractivity (Wildman–Crippen MR) is 57.7 cm³/mol. The number of hydrogen-bond donors (Lipinski definition) is 0. The summed E-state index contributed by atoms with van der Waals surface area (Å²) >= 11 is 0. The Bertz CT molecular complexity index is 548. The lowest BCUT2D eigenvalue weighted by Crippen LogP contribution is -2.04. The Morgan fingerprint density at radius 3 is 2.59 bits per heavy atom. The molecule has 0 N–H and O–H groups in total. The highest BCUT2D eigenvalue weighted by Crippen LogP contribution is 2.22. The number of carbonyl (C=O) groups is 1. The average Bonchev–Trinajstić information content (AvgIpc) is 2.71. The fraction of sp³-hybridized carbons (Fsp3) is 0.182. The zero-order chi connectivity index (χ0) is 12.4. The number of aryl methyl sites for hydroxylation is 1. The summed E-state index contributed by atoms with van der Waals surface area (Å²) in [5.74, 6) is -0.916. The van der Waals surface area contributed by atoms with Crippen molar-refractivity contribution in [2.24, 2.45) is 7.05 Å². The molecule has 17 heavy (non-hydrogen) atoms. The summed E-state index contributed by atoms with van der Waals surface area (Å²) < 4.78 is 18.9. The van der Waals surface area contributed by atoms with Gasteiger partial charge in [-0.1, -0.05) is 5.21 Å². The zero-order valence-corrected chi connectivity index (χ0v) is 9.35. The molecule has 0 fully saturated rings. The van der Waals surface area contributed by atoms with Gasteiger partial charge in [0.2, 0.25) is 0 Å². The Balaban J connectivity index is 2.54. The lowest BCUT2D eigenvalue weighted by molar-refractivity contribution is 0.0595. The molecule has 2 rings (SSSR count). The average molecular weight is 235 g/mol. The number of methoxy groups -OCH3 is 1. The molecule has 6 heteroatoms. The first-order valence-electron chi connectivity index (χ1n) is 4.87. The van der Waals surface area contributed by atoms with Gasteiger partial charge in [0, 0.05) is 12.6 Å². The standard InChI is InChI=1S/C11H10FN3O2/c1-15-10(7-3-5-8(12)6-4-7)9(13-14-15)11(16)17-2/h3-6H,1-2H3. The number of aromatic nitrogens is 3. The lowest BCUT2D eigenvalue weighted by atomic mass is 10.1. The number of esters is 1. The van der Waals surface area contributed by atoms with E-state index in [2.05, 4.69) is 15.0 Å². The van der Waals surface area contributed by atoms with Gasteiger partial charge in [-0.25, -0.2) is 13.9 Å². The van der Waals surface area contributed by atoms with Crippen molar-refractivity contribution in [1.29, 1.82) is 0 Å². The van der Waals surface area contributed by atoms with Crippen LogP contribution in [0.15, 0.2) is 24.3 Å². The number of rotatable bonds is 2. The maximum atomic E-state index is 12.8. The number of halogens is 1. The van der Waals surface area contributed by atoms with Crippen LogP contribution in [-0.4, -0.2) is 28.1 Å². The second-order valence-electron chi connectivity index (χ2n) is 3.41. The number of nitrogens with zero attached hydrogens (tertiary/aromatic N) is 3. The van der Waals surface area contributed by atoms with E-state index in [1.165, 1.54) is 23.9 Å². The third kappa shape index (κ3) is 2.01. The smallest absolute Gasteiger partial charge is 0.360 e. The molecule has 1 heterocycles. The van der Waals surface area contributed by atoms with E-state index in [1.807, 2.05) is 0 Å². The monoisotopic (exact) mass is 235 g/mol. The third-order valence-corrected chi connectivity index (χ3v) is 2.32. The van der Waals surface area contributed by atoms with E-state index < -0.39 is 5.97 Å². The van der Waals surface area contributed by atoms with Gasteiger partial charge in [0.25, 0.3) is 0 Å². The summed E-state index contributed by atoms with van der Waals surface area (Å²) in [5, 5.41) is 7.49. The summed E-state index contributed by atoms with van der Waals surface area (Å²) in [7, 11) is 2.92. The molecular weight excluding hydrogens is 225 g/mol. The second-order valence-corrected chi connectivity index (χ2v) is 3.41. The molecule has 5 nitrogen and oxygen atoms in total. The first-order chi connectivity index (χ1) is 8.13. The van der Waals surface area contributed by atoms with Crippen LogP contribution in [0.3, 0.4) is 0 Å². The van der Waals surface area contributed by atoms with Crippen LogP contribution in [0, 0.1) is 5.82 Å². The second kappa shape index (κ2) is 4.32. The van der Waals surface area contributed by atoms with Crippen molar-refractivity contribution >= 4 is 5.97 Å². The van der Waals surface area contributed by atoms with E-state index in [0.29, 0.717) is 11.3 Å². The van der Waals surface area contributed by atoms with Gasteiger partial charge in [0.1, 0.15) is 11.5 Å². The number of hydrogen-bond acceptors (Lipinski definition) is 4. The van der Waals surface area contributed by atoms with Crippen LogP contribution in [-0.2, 0) is 11.8 Å². The van der Waals surface area contributed by atoms with Crippen LogP contribution in [0.25, 0.3) is 11.3 Å². The Morgan fingerprint density at radius 1 is 1.35 bits per heavy atom. The summed E-state index contributed by atoms with van der Waals surface area (Å²) in [5.41, 5.74) is 1.26. The van der Waals surface area contributed by atoms with Crippen molar-refractivity contribution < 1.29 is 13.9 Å². The fourth-order valence-electron chi connectivity index (χ4n) is 1.52. The summed E-state index contributed by atoms with van der Waals surface area (Å²) in [6.45, 7) is 0. The molecule has 0 unspecified atom stereocenters. The van der Waals surface area contributed by atoms with Crippen LogP contribution in [0.1, 0.15) is 10.5 Å². The molecular formula is C11H10FN3O2. The predicted octanol–water partition coefficient (Wildman–Crippen LogP) is 1.41. The summed E-state index contributed by atoms with van der Waals surface area (Å²) in [6.07, 6.45) is 0. The first-order valence-corrected chi connectivity index (χ1v) is 4.87. The highest BCUT2D eigenvalue weighted by molar-refractivity contribution is 5.93. The molecule has 0 saturated heterocycles. The molecule has 1 aromatic carbocycles. The van der Waals surface area contributed by atoms with Gasteiger partial charge in [0.05, 0.1) is 7.11 Å². The minimum absolute atomic E-state index is 0.113. The summed E-state index contributed by atoms with van der Waals surface area (Å²) in [4.78, 5) is 11.5. The number of ether oxygens (including phenoxy) is 1. The molecule has 0 saturated carbocycles. The lowest BCUT2D eigenvalue weighted by Gasteiger charge is -2.03. The number of benzene rings is 1. The Kier molecular flexibility index (Phi) is 2.86. The first kappa shape index (κ1) is 11.3. The largest absolute Gasteiger partial charge is 0.464 e. The Hall–Kier alpha value is -2.24. The fourth-order valence-corrected chi connectivity index (χ4v) is 1.52. The maximum Gasteiger partial charge on any atom is 0.360 e. The third-order valence-electron chi connectivity index (χ3n) is 2.32. The van der Waals surface area contributed by atoms with Gasteiger partial charge in [-0.05, 0) is 24.3 Å². The van der Waals surface area contributed by atoms with Crippen LogP contribution in [0.5, 0.6) is 0 Å². The van der Waals surface area contributed by atoms with Crippen LogP contribution in [0.4, 0.5) is 4.39 Å². The van der Waals surface area contributed by atoms with Gasteiger partial charge < -0.3 is 4.74 Å². The van der Waals surface area contributed by atoms with Gasteiger partial charge in [-0.15, -0.1) is 5.10 Å². The molecule has 2 aromatic rings. The van der Waals surface area contributed by atoms with Crippen LogP contribution < -0.4 is 0 Å². The molecule has 0 aliphatic rings. The number of carbonyl (C=O) groups excluding carboxylic acids is 1. The van der Waals surface area contributed by atoms with Crippen molar-refractivity contribution in [2.75, 3.05) is 7.11 Å². The highest BCUT2D eigenvalue weighted by atomic mass is 19.1. The van der Waals surface area contributed by atoms with E-state index in [4.69, 9.17) is 0 Å². The van der Waals surface area contributed by atoms with Crippen molar-refractivity contribution in [2.45, 2.75) is 0 Å². The van der Waals surface area contributed by atoms with Crippen molar-refractivity contribution in [1.82, 2.24) is 15.0 Å². The van der Waals surface area contributed by atoms with E-state index >= 15 is 0 Å². The minimum atomic E-state index is -0.572. The molecule has 0 aliphatic carbocycles. The molecule has 0 amide bonds. The van der Waals surface area contributed by atoms with Crippen LogP contribution in [0.2, 0.25) is 0 Å². The van der Waals surface area contributed by atoms with Crippen molar-refractivity contribution in [3.8, 4) is 11.3 Å². The molecule has 0 radical (unpaired) electrons.